The molecule has 1 heteroatoms. The van der Waals surface area contributed by atoms with Gasteiger partial charge in [0.25, 0.3) is 0 Å². The highest BCUT2D eigenvalue weighted by molar-refractivity contribution is 6.22. The van der Waals surface area contributed by atoms with Crippen LogP contribution in [0.4, 0.5) is 0 Å². The van der Waals surface area contributed by atoms with E-state index in [9.17, 15) is 0 Å². The van der Waals surface area contributed by atoms with E-state index in [4.69, 9.17) is 11.6 Å². The molecule has 9 heavy (non-hydrogen) atoms. The predicted molar refractivity (Wildman–Crippen MR) is 41.6 cm³/mol. The number of halogens is 1. The van der Waals surface area contributed by atoms with Crippen molar-refractivity contribution < 1.29 is 0 Å². The molecule has 1 aliphatic rings. The molecule has 1 aliphatic carbocycles. The Morgan fingerprint density at radius 2 is 2.22 bits per heavy atom. The fourth-order valence-electron chi connectivity index (χ4n) is 1.58. The molecule has 0 saturated heterocycles. The first-order valence-electron chi connectivity index (χ1n) is 3.73. The highest BCUT2D eigenvalue weighted by Gasteiger charge is 2.29. The van der Waals surface area contributed by atoms with Crippen LogP contribution in [0.2, 0.25) is 0 Å². The van der Waals surface area contributed by atoms with Gasteiger partial charge in [0.1, 0.15) is 0 Å². The minimum absolute atomic E-state index is 0.384. The molecule has 0 heterocycles. The van der Waals surface area contributed by atoms with E-state index >= 15 is 0 Å². The average Bonchev–Trinajstić information content (AvgIpc) is 2.15. The highest BCUT2D eigenvalue weighted by Crippen LogP contribution is 2.38. The molecule has 0 nitrogen and oxygen atoms in total. The normalized spacial score (nSPS) is 37.7. The Morgan fingerprint density at radius 1 is 1.56 bits per heavy atom. The molecule has 0 amide bonds. The zero-order valence-corrected chi connectivity index (χ0v) is 6.91. The van der Waals surface area contributed by atoms with Gasteiger partial charge in [-0.15, -0.1) is 11.6 Å². The molecule has 1 radical (unpaired) electrons. The lowest BCUT2D eigenvalue weighted by Crippen LogP contribution is -2.06. The van der Waals surface area contributed by atoms with Crippen molar-refractivity contribution in [2.24, 2.45) is 5.92 Å². The van der Waals surface area contributed by atoms with E-state index in [1.54, 1.807) is 0 Å². The van der Waals surface area contributed by atoms with Crippen LogP contribution < -0.4 is 0 Å². The summed E-state index contributed by atoms with van der Waals surface area (Å²) in [5.41, 5.74) is 0. The first kappa shape index (κ1) is 7.40. The number of hydrogen-bond donors (Lipinski definition) is 0. The Balaban J connectivity index is 2.41. The van der Waals surface area contributed by atoms with Crippen LogP contribution in [0.15, 0.2) is 0 Å². The van der Waals surface area contributed by atoms with Crippen molar-refractivity contribution >= 4 is 11.6 Å². The van der Waals surface area contributed by atoms with Gasteiger partial charge in [-0.3, -0.25) is 0 Å². The topological polar surface area (TPSA) is 0 Å². The summed E-state index contributed by atoms with van der Waals surface area (Å²) >= 11 is 6.00. The van der Waals surface area contributed by atoms with E-state index in [1.165, 1.54) is 25.2 Å². The molecular weight excluding hydrogens is 132 g/mol. The summed E-state index contributed by atoms with van der Waals surface area (Å²) in [6.45, 7) is 4.43. The van der Waals surface area contributed by atoms with E-state index in [0.29, 0.717) is 5.38 Å². The molecule has 53 valence electrons. The van der Waals surface area contributed by atoms with Crippen molar-refractivity contribution in [1.82, 2.24) is 0 Å². The van der Waals surface area contributed by atoms with Crippen LogP contribution >= 0.6 is 11.6 Å². The smallest absolute Gasteiger partial charge is 0.0398 e. The van der Waals surface area contributed by atoms with Crippen molar-refractivity contribution in [1.29, 1.82) is 0 Å². The molecule has 2 atom stereocenters. The van der Waals surface area contributed by atoms with Gasteiger partial charge in [-0.05, 0) is 24.7 Å². The maximum Gasteiger partial charge on any atom is 0.0398 e. The zero-order chi connectivity index (χ0) is 6.85. The second-order valence-electron chi connectivity index (χ2n) is 2.89. The van der Waals surface area contributed by atoms with Crippen LogP contribution in [0.1, 0.15) is 33.1 Å². The lowest BCUT2D eigenvalue weighted by atomic mass is 9.96. The van der Waals surface area contributed by atoms with Crippen LogP contribution in [0.25, 0.3) is 0 Å². The first-order valence-corrected chi connectivity index (χ1v) is 4.16. The third-order valence-corrected chi connectivity index (χ3v) is 2.96. The third kappa shape index (κ3) is 1.40. The molecule has 0 aromatic heterocycles. The van der Waals surface area contributed by atoms with Crippen molar-refractivity contribution in [3.05, 3.63) is 5.92 Å². The summed E-state index contributed by atoms with van der Waals surface area (Å²) in [6, 6.07) is 0. The summed E-state index contributed by atoms with van der Waals surface area (Å²) in [6.07, 6.45) is 3.79. The van der Waals surface area contributed by atoms with Gasteiger partial charge in [0.2, 0.25) is 0 Å². The molecule has 2 unspecified atom stereocenters. The molecule has 0 aromatic carbocycles. The Kier molecular flexibility index (Phi) is 2.40. The fourth-order valence-corrected chi connectivity index (χ4v) is 1.89. The monoisotopic (exact) mass is 145 g/mol. The van der Waals surface area contributed by atoms with Crippen molar-refractivity contribution in [3.63, 3.8) is 0 Å². The molecule has 0 bridgehead atoms. The van der Waals surface area contributed by atoms with Crippen LogP contribution in [0, 0.1) is 11.8 Å². The first-order chi connectivity index (χ1) is 4.25. The Bertz CT molecular complexity index is 90.6. The standard InChI is InChI=1S/C8H14Cl/c1-3-7-4-5-8(9)6(7)2/h7-8H,3-5H2,1-2H3. The minimum Gasteiger partial charge on any atom is -0.122 e. The number of rotatable bonds is 1. The molecule has 1 fully saturated rings. The Labute approximate surface area is 62.6 Å². The second kappa shape index (κ2) is 2.92. The van der Waals surface area contributed by atoms with Crippen LogP contribution in [0.5, 0.6) is 0 Å². The average molecular weight is 146 g/mol. The second-order valence-corrected chi connectivity index (χ2v) is 3.42. The summed E-state index contributed by atoms with van der Waals surface area (Å²) in [5.74, 6) is 2.34. The summed E-state index contributed by atoms with van der Waals surface area (Å²) in [4.78, 5) is 0. The number of alkyl halides is 1. The largest absolute Gasteiger partial charge is 0.122 e. The van der Waals surface area contributed by atoms with E-state index in [0.717, 1.165) is 5.92 Å². The maximum absolute atomic E-state index is 6.00. The highest BCUT2D eigenvalue weighted by atomic mass is 35.5. The van der Waals surface area contributed by atoms with Gasteiger partial charge >= 0.3 is 0 Å². The predicted octanol–water partition coefficient (Wildman–Crippen LogP) is 3.01. The molecule has 0 spiro atoms. The van der Waals surface area contributed by atoms with Gasteiger partial charge < -0.3 is 0 Å². The fraction of sp³-hybridized carbons (Fsp3) is 0.875. The van der Waals surface area contributed by atoms with Gasteiger partial charge in [-0.25, -0.2) is 0 Å². The lowest BCUT2D eigenvalue weighted by molar-refractivity contribution is 0.561. The van der Waals surface area contributed by atoms with Crippen molar-refractivity contribution in [2.45, 2.75) is 38.5 Å². The van der Waals surface area contributed by atoms with E-state index in [2.05, 4.69) is 13.8 Å². The van der Waals surface area contributed by atoms with Crippen LogP contribution in [-0.2, 0) is 0 Å². The van der Waals surface area contributed by atoms with E-state index in [-0.39, 0.29) is 0 Å². The quantitative estimate of drug-likeness (QED) is 0.498. The number of hydrogen-bond acceptors (Lipinski definition) is 0. The molecule has 1 rings (SSSR count). The summed E-state index contributed by atoms with van der Waals surface area (Å²) in [5, 5.41) is 0.384. The molecule has 0 aliphatic heterocycles. The minimum atomic E-state index is 0.384. The van der Waals surface area contributed by atoms with Gasteiger partial charge in [0.15, 0.2) is 0 Å². The van der Waals surface area contributed by atoms with Gasteiger partial charge in [-0.2, -0.15) is 0 Å². The van der Waals surface area contributed by atoms with E-state index < -0.39 is 0 Å². The lowest BCUT2D eigenvalue weighted by Gasteiger charge is -2.12. The van der Waals surface area contributed by atoms with Gasteiger partial charge in [0, 0.05) is 5.38 Å². The Morgan fingerprint density at radius 3 is 2.44 bits per heavy atom. The van der Waals surface area contributed by atoms with Crippen LogP contribution in [0.3, 0.4) is 0 Å². The maximum atomic E-state index is 6.00. The zero-order valence-electron chi connectivity index (χ0n) is 6.15. The molecular formula is C8H14Cl. The SMILES string of the molecule is CCC1CCC(Cl)[C]1C. The summed E-state index contributed by atoms with van der Waals surface area (Å²) < 4.78 is 0. The van der Waals surface area contributed by atoms with Gasteiger partial charge in [-0.1, -0.05) is 20.3 Å². The third-order valence-electron chi connectivity index (χ3n) is 2.40. The summed E-state index contributed by atoms with van der Waals surface area (Å²) in [7, 11) is 0. The van der Waals surface area contributed by atoms with Crippen molar-refractivity contribution in [2.75, 3.05) is 0 Å². The molecule has 1 saturated carbocycles. The van der Waals surface area contributed by atoms with E-state index in [1.807, 2.05) is 0 Å². The van der Waals surface area contributed by atoms with Gasteiger partial charge in [0.05, 0.1) is 0 Å². The van der Waals surface area contributed by atoms with Crippen LogP contribution in [-0.4, -0.2) is 5.38 Å². The Hall–Kier alpha value is 0.290. The van der Waals surface area contributed by atoms with Crippen molar-refractivity contribution in [3.8, 4) is 0 Å². The molecule has 0 N–H and O–H groups in total. The molecule has 0 aromatic rings.